The molecule has 8 nitrogen and oxygen atoms in total. The predicted octanol–water partition coefficient (Wildman–Crippen LogP) is 0.729. The molecule has 0 unspecified atom stereocenters. The van der Waals surface area contributed by atoms with Crippen LogP contribution in [0.4, 0.5) is 0 Å². The average molecular weight is 382 g/mol. The SMILES string of the molecule is COCCN(CCOC)C(=O)c1ccc2c(c1)S(=O)(=O)N(C1CC1)C2=O. The van der Waals surface area contributed by atoms with Crippen molar-refractivity contribution < 1.29 is 27.5 Å². The van der Waals surface area contributed by atoms with E-state index in [-0.39, 0.29) is 28.0 Å². The van der Waals surface area contributed by atoms with Crippen molar-refractivity contribution >= 4 is 21.8 Å². The Hall–Kier alpha value is -1.97. The van der Waals surface area contributed by atoms with Crippen molar-refractivity contribution in [3.63, 3.8) is 0 Å². The van der Waals surface area contributed by atoms with Gasteiger partial charge in [0.05, 0.1) is 18.8 Å². The van der Waals surface area contributed by atoms with Crippen molar-refractivity contribution in [2.75, 3.05) is 40.5 Å². The maximum atomic E-state index is 12.8. The number of fused-ring (bicyclic) bond motifs is 1. The second kappa shape index (κ2) is 7.34. The van der Waals surface area contributed by atoms with Gasteiger partial charge in [0.2, 0.25) is 0 Å². The molecule has 26 heavy (non-hydrogen) atoms. The van der Waals surface area contributed by atoms with E-state index in [1.807, 2.05) is 0 Å². The summed E-state index contributed by atoms with van der Waals surface area (Å²) in [6, 6.07) is 3.98. The predicted molar refractivity (Wildman–Crippen MR) is 92.5 cm³/mol. The van der Waals surface area contributed by atoms with Crippen molar-refractivity contribution in [2.45, 2.75) is 23.8 Å². The summed E-state index contributed by atoms with van der Waals surface area (Å²) in [5.74, 6) is -0.827. The molecular formula is C17H22N2O6S. The minimum atomic E-state index is -3.88. The van der Waals surface area contributed by atoms with Crippen molar-refractivity contribution in [1.82, 2.24) is 9.21 Å². The molecule has 0 saturated heterocycles. The Morgan fingerprint density at radius 1 is 1.19 bits per heavy atom. The molecule has 0 aromatic heterocycles. The second-order valence-electron chi connectivity index (χ2n) is 6.33. The molecule has 1 aliphatic heterocycles. The number of ether oxygens (including phenoxy) is 2. The van der Waals surface area contributed by atoms with Crippen molar-refractivity contribution in [1.29, 1.82) is 0 Å². The molecule has 1 aromatic rings. The summed E-state index contributed by atoms with van der Waals surface area (Å²) in [4.78, 5) is 26.7. The van der Waals surface area contributed by atoms with Gasteiger partial charge in [-0.3, -0.25) is 9.59 Å². The molecule has 0 spiro atoms. The molecule has 0 radical (unpaired) electrons. The summed E-state index contributed by atoms with van der Waals surface area (Å²) < 4.78 is 36.4. The number of methoxy groups -OCH3 is 2. The Morgan fingerprint density at radius 3 is 2.35 bits per heavy atom. The molecule has 9 heteroatoms. The summed E-state index contributed by atoms with van der Waals surface area (Å²) in [7, 11) is -0.803. The van der Waals surface area contributed by atoms with Crippen LogP contribution < -0.4 is 0 Å². The smallest absolute Gasteiger partial charge is 0.269 e. The number of carbonyl (C=O) groups excluding carboxylic acids is 2. The van der Waals surface area contributed by atoms with Gasteiger partial charge in [0.25, 0.3) is 21.8 Å². The van der Waals surface area contributed by atoms with Gasteiger partial charge in [0, 0.05) is 38.9 Å². The number of rotatable bonds is 8. The van der Waals surface area contributed by atoms with Crippen LogP contribution in [0.15, 0.2) is 23.1 Å². The zero-order chi connectivity index (χ0) is 18.9. The Bertz CT molecular complexity index is 811. The van der Waals surface area contributed by atoms with Crippen LogP contribution in [0, 0.1) is 0 Å². The molecule has 0 bridgehead atoms. The maximum Gasteiger partial charge on any atom is 0.269 e. The van der Waals surface area contributed by atoms with Crippen LogP contribution in [0.1, 0.15) is 33.6 Å². The number of amides is 2. The molecule has 1 aliphatic carbocycles. The fourth-order valence-electron chi connectivity index (χ4n) is 2.95. The second-order valence-corrected chi connectivity index (χ2v) is 8.11. The molecule has 1 aromatic carbocycles. The molecule has 2 aliphatic rings. The van der Waals surface area contributed by atoms with E-state index in [2.05, 4.69) is 0 Å². The lowest BCUT2D eigenvalue weighted by molar-refractivity contribution is 0.0626. The first-order valence-corrected chi connectivity index (χ1v) is 9.85. The van der Waals surface area contributed by atoms with Gasteiger partial charge in [0.1, 0.15) is 4.90 Å². The van der Waals surface area contributed by atoms with E-state index in [4.69, 9.17) is 9.47 Å². The van der Waals surface area contributed by atoms with Crippen LogP contribution >= 0.6 is 0 Å². The number of carbonyl (C=O) groups is 2. The fourth-order valence-corrected chi connectivity index (χ4v) is 4.79. The average Bonchev–Trinajstić information content (AvgIpc) is 3.42. The summed E-state index contributed by atoms with van der Waals surface area (Å²) in [5.41, 5.74) is 0.360. The van der Waals surface area contributed by atoms with Crippen LogP contribution in [0.3, 0.4) is 0 Å². The summed E-state index contributed by atoms with van der Waals surface area (Å²) in [6.45, 7) is 1.42. The number of sulfonamides is 1. The van der Waals surface area contributed by atoms with Crippen LogP contribution in [0.2, 0.25) is 0 Å². The van der Waals surface area contributed by atoms with E-state index in [9.17, 15) is 18.0 Å². The maximum absolute atomic E-state index is 12.8. The Balaban J connectivity index is 1.90. The fraction of sp³-hybridized carbons (Fsp3) is 0.529. The van der Waals surface area contributed by atoms with Gasteiger partial charge in [-0.15, -0.1) is 0 Å². The van der Waals surface area contributed by atoms with Crippen LogP contribution in [-0.2, 0) is 19.5 Å². The van der Waals surface area contributed by atoms with E-state index in [1.54, 1.807) is 14.2 Å². The monoisotopic (exact) mass is 382 g/mol. The van der Waals surface area contributed by atoms with E-state index in [0.717, 1.165) is 4.31 Å². The lowest BCUT2D eigenvalue weighted by atomic mass is 10.1. The standard InChI is InChI=1S/C17H22N2O6S/c1-24-9-7-18(8-10-25-2)16(20)12-3-6-14-15(11-12)26(22,23)19(17(14)21)13-4-5-13/h3,6,11,13H,4-5,7-10H2,1-2H3. The Morgan fingerprint density at radius 2 is 1.81 bits per heavy atom. The van der Waals surface area contributed by atoms with Gasteiger partial charge in [-0.05, 0) is 31.0 Å². The van der Waals surface area contributed by atoms with E-state index in [0.29, 0.717) is 39.1 Å². The molecule has 0 atom stereocenters. The summed E-state index contributed by atoms with van der Waals surface area (Å²) in [5, 5.41) is 0. The van der Waals surface area contributed by atoms with Gasteiger partial charge < -0.3 is 14.4 Å². The lowest BCUT2D eigenvalue weighted by Crippen LogP contribution is -2.36. The minimum Gasteiger partial charge on any atom is -0.383 e. The van der Waals surface area contributed by atoms with Gasteiger partial charge in [-0.2, -0.15) is 0 Å². The highest BCUT2D eigenvalue weighted by molar-refractivity contribution is 7.90. The third-order valence-electron chi connectivity index (χ3n) is 4.49. The molecule has 0 N–H and O–H groups in total. The molecule has 1 heterocycles. The highest BCUT2D eigenvalue weighted by Gasteiger charge is 2.48. The zero-order valence-corrected chi connectivity index (χ0v) is 15.6. The number of benzene rings is 1. The van der Waals surface area contributed by atoms with Crippen molar-refractivity contribution in [3.8, 4) is 0 Å². The lowest BCUT2D eigenvalue weighted by Gasteiger charge is -2.22. The van der Waals surface area contributed by atoms with E-state index >= 15 is 0 Å². The first-order valence-electron chi connectivity index (χ1n) is 8.41. The molecule has 1 fully saturated rings. The zero-order valence-electron chi connectivity index (χ0n) is 14.8. The van der Waals surface area contributed by atoms with Crippen molar-refractivity contribution in [2.24, 2.45) is 0 Å². The normalized spacial score (nSPS) is 18.1. The first kappa shape index (κ1) is 18.8. The number of hydrogen-bond acceptors (Lipinski definition) is 6. The largest absolute Gasteiger partial charge is 0.383 e. The van der Waals surface area contributed by atoms with Gasteiger partial charge in [-0.1, -0.05) is 0 Å². The molecule has 1 saturated carbocycles. The van der Waals surface area contributed by atoms with Gasteiger partial charge >= 0.3 is 0 Å². The Labute approximate surface area is 152 Å². The summed E-state index contributed by atoms with van der Waals surface area (Å²) >= 11 is 0. The number of nitrogens with zero attached hydrogens (tertiary/aromatic N) is 2. The first-order chi connectivity index (χ1) is 12.4. The van der Waals surface area contributed by atoms with Crippen molar-refractivity contribution in [3.05, 3.63) is 29.3 Å². The van der Waals surface area contributed by atoms with E-state index < -0.39 is 15.9 Å². The molecule has 142 valence electrons. The topological polar surface area (TPSA) is 93.2 Å². The third kappa shape index (κ3) is 3.34. The van der Waals surface area contributed by atoms with Gasteiger partial charge in [-0.25, -0.2) is 12.7 Å². The van der Waals surface area contributed by atoms with Crippen LogP contribution in [0.25, 0.3) is 0 Å². The summed E-state index contributed by atoms with van der Waals surface area (Å²) in [6.07, 6.45) is 1.37. The van der Waals surface area contributed by atoms with E-state index in [1.165, 1.54) is 23.1 Å². The Kier molecular flexibility index (Phi) is 5.31. The van der Waals surface area contributed by atoms with Crippen LogP contribution in [0.5, 0.6) is 0 Å². The highest BCUT2D eigenvalue weighted by atomic mass is 32.2. The minimum absolute atomic E-state index is 0.0846. The third-order valence-corrected chi connectivity index (χ3v) is 6.37. The van der Waals surface area contributed by atoms with Crippen LogP contribution in [-0.4, -0.2) is 76.0 Å². The number of hydrogen-bond donors (Lipinski definition) is 0. The molecular weight excluding hydrogens is 360 g/mol. The molecule has 3 rings (SSSR count). The molecule has 2 amide bonds. The highest BCUT2D eigenvalue weighted by Crippen LogP contribution is 2.39. The quantitative estimate of drug-likeness (QED) is 0.658. The van der Waals surface area contributed by atoms with Gasteiger partial charge in [0.15, 0.2) is 0 Å².